The molecule has 0 nitrogen and oxygen atoms in total. The zero-order chi connectivity index (χ0) is 10.1. The molecule has 2 aromatic carbocycles. The van der Waals surface area contributed by atoms with Gasteiger partial charge >= 0.3 is 0 Å². The predicted octanol–water partition coefficient (Wildman–Crippen LogP) is 3.92. The third kappa shape index (κ3) is 1.45. The van der Waals surface area contributed by atoms with Gasteiger partial charge < -0.3 is 0 Å². The molecule has 2 aromatic rings. The van der Waals surface area contributed by atoms with E-state index >= 15 is 0 Å². The topological polar surface area (TPSA) is 0 Å². The average molecular weight is 196 g/mol. The lowest BCUT2D eigenvalue weighted by Crippen LogP contribution is -1.87. The molecule has 0 saturated heterocycles. The molecular weight excluding hydrogens is 189 g/mol. The smallest absolute Gasteiger partial charge is 0.207 e. The first kappa shape index (κ1) is 9.06. The van der Waals surface area contributed by atoms with E-state index in [1.165, 1.54) is 18.2 Å². The van der Waals surface area contributed by atoms with Crippen LogP contribution in [0.15, 0.2) is 36.4 Å². The maximum Gasteiger partial charge on any atom is 0.264 e. The zero-order valence-electron chi connectivity index (χ0n) is 7.18. The van der Waals surface area contributed by atoms with Crippen molar-refractivity contribution in [3.8, 4) is 0 Å². The second-order valence-corrected chi connectivity index (χ2v) is 3.01. The first-order chi connectivity index (χ1) is 6.68. The van der Waals surface area contributed by atoms with Crippen LogP contribution >= 0.6 is 0 Å². The second-order valence-electron chi connectivity index (χ2n) is 3.01. The lowest BCUT2D eigenvalue weighted by Gasteiger charge is -2.04. The van der Waals surface area contributed by atoms with Crippen molar-refractivity contribution in [2.45, 2.75) is 6.43 Å². The van der Waals surface area contributed by atoms with Gasteiger partial charge in [-0.1, -0.05) is 24.3 Å². The molecule has 0 aromatic heterocycles. The van der Waals surface area contributed by atoms with E-state index in [1.807, 2.05) is 0 Å². The molecule has 0 fully saturated rings. The number of rotatable bonds is 1. The van der Waals surface area contributed by atoms with Crippen molar-refractivity contribution in [3.63, 3.8) is 0 Å². The van der Waals surface area contributed by atoms with E-state index in [4.69, 9.17) is 0 Å². The lowest BCUT2D eigenvalue weighted by molar-refractivity contribution is 0.153. The normalized spacial score (nSPS) is 11.1. The van der Waals surface area contributed by atoms with Gasteiger partial charge in [0.1, 0.15) is 5.82 Å². The number of alkyl halides is 2. The van der Waals surface area contributed by atoms with Crippen LogP contribution in [0.25, 0.3) is 10.8 Å². The first-order valence-electron chi connectivity index (χ1n) is 4.15. The second kappa shape index (κ2) is 3.33. The van der Waals surface area contributed by atoms with Crippen molar-refractivity contribution >= 4 is 10.8 Å². The highest BCUT2D eigenvalue weighted by Crippen LogP contribution is 2.27. The highest BCUT2D eigenvalue weighted by molar-refractivity contribution is 5.85. The summed E-state index contributed by atoms with van der Waals surface area (Å²) >= 11 is 0. The quantitative estimate of drug-likeness (QED) is 0.648. The fourth-order valence-electron chi connectivity index (χ4n) is 1.46. The van der Waals surface area contributed by atoms with E-state index < -0.39 is 12.2 Å². The van der Waals surface area contributed by atoms with Crippen LogP contribution in [-0.2, 0) is 0 Å². The van der Waals surface area contributed by atoms with Gasteiger partial charge in [-0.15, -0.1) is 0 Å². The standard InChI is InChI=1S/C11H7F3/c12-8-5-4-7-2-1-3-9(11(13)14)10(7)6-8/h1-6,11H. The zero-order valence-corrected chi connectivity index (χ0v) is 7.18. The minimum atomic E-state index is -2.57. The Morgan fingerprint density at radius 2 is 1.79 bits per heavy atom. The molecule has 14 heavy (non-hydrogen) atoms. The molecule has 2 rings (SSSR count). The molecular formula is C11H7F3. The Bertz CT molecular complexity index is 463. The van der Waals surface area contributed by atoms with Crippen LogP contribution in [0.5, 0.6) is 0 Å². The number of hydrogen-bond donors (Lipinski definition) is 0. The molecule has 0 bridgehead atoms. The highest BCUT2D eigenvalue weighted by atomic mass is 19.3. The average Bonchev–Trinajstić information content (AvgIpc) is 2.16. The van der Waals surface area contributed by atoms with Gasteiger partial charge in [0.15, 0.2) is 0 Å². The molecule has 0 atom stereocenters. The Balaban J connectivity index is 2.77. The van der Waals surface area contributed by atoms with Gasteiger partial charge in [0, 0.05) is 5.56 Å². The maximum atomic E-state index is 12.8. The van der Waals surface area contributed by atoms with Crippen LogP contribution in [0.4, 0.5) is 13.2 Å². The molecule has 0 spiro atoms. The summed E-state index contributed by atoms with van der Waals surface area (Å²) < 4.78 is 37.8. The monoisotopic (exact) mass is 196 g/mol. The summed E-state index contributed by atoms with van der Waals surface area (Å²) in [5.41, 5.74) is -0.123. The van der Waals surface area contributed by atoms with Crippen LogP contribution in [0.1, 0.15) is 12.0 Å². The van der Waals surface area contributed by atoms with Gasteiger partial charge in [0.2, 0.25) is 0 Å². The van der Waals surface area contributed by atoms with Crippen molar-refractivity contribution in [3.05, 3.63) is 47.8 Å². The van der Waals surface area contributed by atoms with Crippen LogP contribution < -0.4 is 0 Å². The fraction of sp³-hybridized carbons (Fsp3) is 0.0909. The number of hydrogen-bond acceptors (Lipinski definition) is 0. The third-order valence-electron chi connectivity index (χ3n) is 2.11. The van der Waals surface area contributed by atoms with Crippen LogP contribution in [0.2, 0.25) is 0 Å². The summed E-state index contributed by atoms with van der Waals surface area (Å²) in [6, 6.07) is 8.43. The molecule has 0 aliphatic heterocycles. The molecule has 0 saturated carbocycles. The molecule has 0 unspecified atom stereocenters. The van der Waals surface area contributed by atoms with Crippen molar-refractivity contribution in [1.29, 1.82) is 0 Å². The SMILES string of the molecule is Fc1ccc2cccc(C(F)F)c2c1. The molecule has 0 heterocycles. The largest absolute Gasteiger partial charge is 0.264 e. The Labute approximate surface area is 79.0 Å². The van der Waals surface area contributed by atoms with Crippen molar-refractivity contribution in [2.24, 2.45) is 0 Å². The molecule has 0 N–H and O–H groups in total. The Morgan fingerprint density at radius 1 is 1.00 bits per heavy atom. The van der Waals surface area contributed by atoms with E-state index in [0.717, 1.165) is 6.07 Å². The Hall–Kier alpha value is -1.51. The van der Waals surface area contributed by atoms with Gasteiger partial charge in [-0.25, -0.2) is 13.2 Å². The summed E-state index contributed by atoms with van der Waals surface area (Å²) in [6.07, 6.45) is -2.57. The summed E-state index contributed by atoms with van der Waals surface area (Å²) in [4.78, 5) is 0. The van der Waals surface area contributed by atoms with E-state index in [0.29, 0.717) is 5.39 Å². The molecule has 72 valence electrons. The maximum absolute atomic E-state index is 12.8. The minimum Gasteiger partial charge on any atom is -0.207 e. The molecule has 0 aliphatic carbocycles. The first-order valence-corrected chi connectivity index (χ1v) is 4.15. The summed E-state index contributed by atoms with van der Waals surface area (Å²) in [7, 11) is 0. The predicted molar refractivity (Wildman–Crippen MR) is 48.9 cm³/mol. The van der Waals surface area contributed by atoms with Crippen LogP contribution in [0, 0.1) is 5.82 Å². The fourth-order valence-corrected chi connectivity index (χ4v) is 1.46. The van der Waals surface area contributed by atoms with Gasteiger partial charge in [-0.05, 0) is 22.9 Å². The van der Waals surface area contributed by atoms with Crippen LogP contribution in [-0.4, -0.2) is 0 Å². The van der Waals surface area contributed by atoms with Gasteiger partial charge in [0.25, 0.3) is 6.43 Å². The number of benzene rings is 2. The number of fused-ring (bicyclic) bond motifs is 1. The van der Waals surface area contributed by atoms with Crippen molar-refractivity contribution in [2.75, 3.05) is 0 Å². The molecule has 3 heteroatoms. The van der Waals surface area contributed by atoms with E-state index in [2.05, 4.69) is 0 Å². The Kier molecular flexibility index (Phi) is 2.15. The van der Waals surface area contributed by atoms with E-state index in [9.17, 15) is 13.2 Å². The van der Waals surface area contributed by atoms with E-state index in [-0.39, 0.29) is 10.9 Å². The summed E-state index contributed by atoms with van der Waals surface area (Å²) in [5, 5.41) is 0.909. The molecule has 0 aliphatic rings. The minimum absolute atomic E-state index is 0.123. The van der Waals surface area contributed by atoms with Crippen molar-refractivity contribution < 1.29 is 13.2 Å². The van der Waals surface area contributed by atoms with Crippen LogP contribution in [0.3, 0.4) is 0 Å². The summed E-state index contributed by atoms with van der Waals surface area (Å²) in [6.45, 7) is 0. The Morgan fingerprint density at radius 3 is 2.50 bits per heavy atom. The van der Waals surface area contributed by atoms with Gasteiger partial charge in [0.05, 0.1) is 0 Å². The summed E-state index contributed by atoms with van der Waals surface area (Å²) in [5.74, 6) is -0.495. The van der Waals surface area contributed by atoms with E-state index in [1.54, 1.807) is 12.1 Å². The van der Waals surface area contributed by atoms with Gasteiger partial charge in [-0.2, -0.15) is 0 Å². The number of halogens is 3. The lowest BCUT2D eigenvalue weighted by atomic mass is 10.0. The highest BCUT2D eigenvalue weighted by Gasteiger charge is 2.10. The van der Waals surface area contributed by atoms with Crippen molar-refractivity contribution in [1.82, 2.24) is 0 Å². The van der Waals surface area contributed by atoms with Gasteiger partial charge in [-0.3, -0.25) is 0 Å². The molecule has 0 radical (unpaired) electrons. The molecule has 0 amide bonds. The third-order valence-corrected chi connectivity index (χ3v) is 2.11.